The summed E-state index contributed by atoms with van der Waals surface area (Å²) in [5.41, 5.74) is 6.91. The number of hydrogen-bond acceptors (Lipinski definition) is 2. The van der Waals surface area contributed by atoms with Crippen LogP contribution in [-0.4, -0.2) is 23.2 Å². The van der Waals surface area contributed by atoms with Crippen molar-refractivity contribution in [1.29, 1.82) is 0 Å². The van der Waals surface area contributed by atoms with Crippen LogP contribution in [-0.2, 0) is 11.3 Å². The summed E-state index contributed by atoms with van der Waals surface area (Å²) in [5, 5.41) is 2.66. The summed E-state index contributed by atoms with van der Waals surface area (Å²) in [4.78, 5) is 11.4. The Bertz CT molecular complexity index is 604. The van der Waals surface area contributed by atoms with Gasteiger partial charge in [-0.1, -0.05) is 12.1 Å². The molecule has 4 nitrogen and oxygen atoms in total. The number of benzene rings is 1. The minimum atomic E-state index is -4.41. The lowest BCUT2D eigenvalue weighted by molar-refractivity contribution is -0.138. The number of para-hydroxylation sites is 1. The van der Waals surface area contributed by atoms with E-state index in [0.29, 0.717) is 11.2 Å². The number of nitrogens with one attached hydrogen (secondary N) is 1. The van der Waals surface area contributed by atoms with Gasteiger partial charge >= 0.3 is 6.18 Å². The summed E-state index contributed by atoms with van der Waals surface area (Å²) in [7, 11) is 0. The second-order valence-electron chi connectivity index (χ2n) is 4.12. The van der Waals surface area contributed by atoms with Gasteiger partial charge in [0, 0.05) is 11.6 Å². The molecule has 3 N–H and O–H groups in total. The summed E-state index contributed by atoms with van der Waals surface area (Å²) in [6.45, 7) is -1.53. The van der Waals surface area contributed by atoms with Crippen molar-refractivity contribution in [2.24, 2.45) is 0 Å². The molecule has 2 aromatic rings. The number of rotatable bonds is 3. The lowest BCUT2D eigenvalue weighted by Crippen LogP contribution is -2.35. The number of carbonyl (C=O) groups is 1. The molecule has 1 aromatic carbocycles. The molecule has 2 rings (SSSR count). The molecule has 0 aliphatic carbocycles. The highest BCUT2D eigenvalue weighted by atomic mass is 19.4. The smallest absolute Gasteiger partial charge is 0.397 e. The number of nitrogens with two attached hydrogens (primary N) is 1. The minimum absolute atomic E-state index is 0.201. The molecule has 0 fully saturated rings. The van der Waals surface area contributed by atoms with Crippen LogP contribution in [0.15, 0.2) is 30.5 Å². The van der Waals surface area contributed by atoms with Gasteiger partial charge in [0.25, 0.3) is 0 Å². The van der Waals surface area contributed by atoms with Crippen LogP contribution in [0.25, 0.3) is 10.9 Å². The number of halogens is 3. The van der Waals surface area contributed by atoms with Crippen LogP contribution in [0.4, 0.5) is 18.9 Å². The average molecular weight is 271 g/mol. The van der Waals surface area contributed by atoms with Crippen molar-refractivity contribution in [3.8, 4) is 0 Å². The lowest BCUT2D eigenvalue weighted by Gasteiger charge is -2.10. The maximum atomic E-state index is 12.0. The molecule has 0 aliphatic rings. The standard InChI is InChI=1S/C12H12F3N3O/c13-12(14,15)7-17-10(19)6-18-5-4-8-2-1-3-9(16)11(8)18/h1-5H,6-7,16H2,(H,17,19). The van der Waals surface area contributed by atoms with Crippen molar-refractivity contribution in [3.63, 3.8) is 0 Å². The van der Waals surface area contributed by atoms with Gasteiger partial charge in [-0.15, -0.1) is 0 Å². The van der Waals surface area contributed by atoms with Crippen LogP contribution in [0, 0.1) is 0 Å². The van der Waals surface area contributed by atoms with Gasteiger partial charge in [-0.05, 0) is 12.1 Å². The van der Waals surface area contributed by atoms with E-state index in [1.54, 1.807) is 24.4 Å². The molecule has 102 valence electrons. The molecule has 0 radical (unpaired) electrons. The Morgan fingerprint density at radius 3 is 2.74 bits per heavy atom. The Hall–Kier alpha value is -2.18. The molecule has 19 heavy (non-hydrogen) atoms. The molecule has 0 spiro atoms. The average Bonchev–Trinajstić information content (AvgIpc) is 2.70. The predicted molar refractivity (Wildman–Crippen MR) is 65.4 cm³/mol. The van der Waals surface area contributed by atoms with Crippen molar-refractivity contribution < 1.29 is 18.0 Å². The van der Waals surface area contributed by atoms with Crippen LogP contribution >= 0.6 is 0 Å². The first-order valence-corrected chi connectivity index (χ1v) is 5.53. The number of alkyl halides is 3. The minimum Gasteiger partial charge on any atom is -0.397 e. The second-order valence-corrected chi connectivity index (χ2v) is 4.12. The molecule has 1 amide bonds. The van der Waals surface area contributed by atoms with E-state index in [2.05, 4.69) is 0 Å². The third kappa shape index (κ3) is 3.18. The largest absolute Gasteiger partial charge is 0.405 e. The van der Waals surface area contributed by atoms with E-state index in [0.717, 1.165) is 5.39 Å². The first-order chi connectivity index (χ1) is 8.87. The zero-order valence-electron chi connectivity index (χ0n) is 9.87. The normalized spacial score (nSPS) is 11.7. The third-order valence-electron chi connectivity index (χ3n) is 2.62. The molecule has 1 aromatic heterocycles. The number of hydrogen-bond donors (Lipinski definition) is 2. The van der Waals surface area contributed by atoms with Crippen LogP contribution in [0.1, 0.15) is 0 Å². The Kier molecular flexibility index (Phi) is 3.37. The molecule has 0 aliphatic heterocycles. The van der Waals surface area contributed by atoms with Crippen molar-refractivity contribution in [3.05, 3.63) is 30.5 Å². The van der Waals surface area contributed by atoms with E-state index < -0.39 is 18.6 Å². The molecule has 0 unspecified atom stereocenters. The molecule has 0 saturated carbocycles. The highest BCUT2D eigenvalue weighted by Gasteiger charge is 2.27. The van der Waals surface area contributed by atoms with Crippen LogP contribution in [0.5, 0.6) is 0 Å². The van der Waals surface area contributed by atoms with Crippen molar-refractivity contribution in [1.82, 2.24) is 9.88 Å². The first kappa shape index (κ1) is 13.3. The summed E-state index contributed by atoms with van der Waals surface area (Å²) in [6, 6.07) is 7.01. The van der Waals surface area contributed by atoms with E-state index in [1.165, 1.54) is 4.57 Å². The molecule has 1 heterocycles. The fourth-order valence-electron chi connectivity index (χ4n) is 1.83. The van der Waals surface area contributed by atoms with Gasteiger partial charge in [0.1, 0.15) is 13.1 Å². The van der Waals surface area contributed by atoms with Crippen molar-refractivity contribution in [2.75, 3.05) is 12.3 Å². The van der Waals surface area contributed by atoms with E-state index >= 15 is 0 Å². The lowest BCUT2D eigenvalue weighted by atomic mass is 10.2. The van der Waals surface area contributed by atoms with Gasteiger partial charge in [0.15, 0.2) is 0 Å². The van der Waals surface area contributed by atoms with E-state index in [1.807, 2.05) is 11.4 Å². The van der Waals surface area contributed by atoms with Gasteiger partial charge in [-0.25, -0.2) is 0 Å². The topological polar surface area (TPSA) is 60.0 Å². The summed E-state index contributed by atoms with van der Waals surface area (Å²) in [5.74, 6) is -0.710. The van der Waals surface area contributed by atoms with E-state index in [-0.39, 0.29) is 6.54 Å². The number of nitrogens with zero attached hydrogens (tertiary/aromatic N) is 1. The number of nitrogen functional groups attached to an aromatic ring is 1. The quantitative estimate of drug-likeness (QED) is 0.838. The van der Waals surface area contributed by atoms with Gasteiger partial charge in [-0.2, -0.15) is 13.2 Å². The molecular weight excluding hydrogens is 259 g/mol. The van der Waals surface area contributed by atoms with Gasteiger partial charge in [0.2, 0.25) is 5.91 Å². The van der Waals surface area contributed by atoms with Crippen LogP contribution in [0.2, 0.25) is 0 Å². The Morgan fingerprint density at radius 2 is 2.05 bits per heavy atom. The second kappa shape index (κ2) is 4.83. The number of fused-ring (bicyclic) bond motifs is 1. The summed E-state index contributed by atoms with van der Waals surface area (Å²) in [6.07, 6.45) is -2.79. The fraction of sp³-hybridized carbons (Fsp3) is 0.250. The zero-order chi connectivity index (χ0) is 14.0. The summed E-state index contributed by atoms with van der Waals surface area (Å²) < 4.78 is 37.4. The van der Waals surface area contributed by atoms with Crippen LogP contribution in [0.3, 0.4) is 0 Å². The first-order valence-electron chi connectivity index (χ1n) is 5.53. The molecule has 7 heteroatoms. The molecular formula is C12H12F3N3O. The van der Waals surface area contributed by atoms with Crippen LogP contribution < -0.4 is 11.1 Å². The van der Waals surface area contributed by atoms with Gasteiger partial charge in [-0.3, -0.25) is 4.79 Å². The maximum Gasteiger partial charge on any atom is 0.405 e. The van der Waals surface area contributed by atoms with Crippen molar-refractivity contribution >= 4 is 22.5 Å². The SMILES string of the molecule is Nc1cccc2ccn(CC(=O)NCC(F)(F)F)c12. The number of carbonyl (C=O) groups excluding carboxylic acids is 1. The predicted octanol–water partition coefficient (Wildman–Crippen LogP) is 1.90. The van der Waals surface area contributed by atoms with E-state index in [9.17, 15) is 18.0 Å². The highest BCUT2D eigenvalue weighted by molar-refractivity contribution is 5.91. The van der Waals surface area contributed by atoms with Gasteiger partial charge in [0.05, 0.1) is 11.2 Å². The molecule has 0 bridgehead atoms. The Balaban J connectivity index is 2.11. The summed E-state index contributed by atoms with van der Waals surface area (Å²) >= 11 is 0. The highest BCUT2D eigenvalue weighted by Crippen LogP contribution is 2.21. The Morgan fingerprint density at radius 1 is 1.32 bits per heavy atom. The zero-order valence-corrected chi connectivity index (χ0v) is 9.87. The molecule has 0 atom stereocenters. The van der Waals surface area contributed by atoms with Crippen molar-refractivity contribution in [2.45, 2.75) is 12.7 Å². The Labute approximate surface area is 107 Å². The number of amides is 1. The maximum absolute atomic E-state index is 12.0. The van der Waals surface area contributed by atoms with E-state index in [4.69, 9.17) is 5.73 Å². The fourth-order valence-corrected chi connectivity index (χ4v) is 1.83. The molecule has 0 saturated heterocycles. The number of anilines is 1. The van der Waals surface area contributed by atoms with Gasteiger partial charge < -0.3 is 15.6 Å². The monoisotopic (exact) mass is 271 g/mol. The number of aromatic nitrogens is 1. The third-order valence-corrected chi connectivity index (χ3v) is 2.62.